The minimum absolute atomic E-state index is 0.0141. The van der Waals surface area contributed by atoms with Gasteiger partial charge in [-0.2, -0.15) is 8.78 Å². The third kappa shape index (κ3) is 6.09. The number of thioether (sulfide) groups is 1. The Morgan fingerprint density at radius 2 is 1.92 bits per heavy atom. The topological polar surface area (TPSA) is 78.3 Å². The Labute approximate surface area is 223 Å². The molecule has 7 nitrogen and oxygen atoms in total. The number of hydrogen-bond donors (Lipinski definition) is 1. The molecule has 2 aliphatic carbocycles. The number of hydrogen-bond acceptors (Lipinski definition) is 6. The first-order chi connectivity index (χ1) is 18.4. The van der Waals surface area contributed by atoms with Gasteiger partial charge in [0.1, 0.15) is 12.4 Å². The van der Waals surface area contributed by atoms with Gasteiger partial charge in [0, 0.05) is 11.7 Å². The van der Waals surface area contributed by atoms with Crippen molar-refractivity contribution in [1.82, 2.24) is 14.8 Å². The van der Waals surface area contributed by atoms with Crippen molar-refractivity contribution < 1.29 is 27.4 Å². The van der Waals surface area contributed by atoms with E-state index in [1.807, 2.05) is 4.57 Å². The molecular weight excluding hydrogens is 517 g/mol. The van der Waals surface area contributed by atoms with Crippen molar-refractivity contribution in [2.75, 3.05) is 11.1 Å². The van der Waals surface area contributed by atoms with Gasteiger partial charge in [-0.1, -0.05) is 30.3 Å². The molecule has 3 aromatic rings. The van der Waals surface area contributed by atoms with Crippen LogP contribution in [-0.2, 0) is 11.4 Å². The largest absolute Gasteiger partial charge is 0.483 e. The van der Waals surface area contributed by atoms with Crippen LogP contribution >= 0.6 is 11.8 Å². The summed E-state index contributed by atoms with van der Waals surface area (Å²) in [5.74, 6) is 2.01. The number of rotatable bonds is 11. The number of amides is 1. The second-order valence-electron chi connectivity index (χ2n) is 9.81. The lowest BCUT2D eigenvalue weighted by Gasteiger charge is -2.30. The average Bonchev–Trinajstić information content (AvgIpc) is 3.64. The first-order valence-electron chi connectivity index (χ1n) is 12.7. The van der Waals surface area contributed by atoms with Crippen LogP contribution in [0.3, 0.4) is 0 Å². The van der Waals surface area contributed by atoms with E-state index < -0.39 is 12.4 Å². The van der Waals surface area contributed by atoms with E-state index >= 15 is 0 Å². The standard InChI is InChI=1S/C27H29F3N4O3S/c1-16(21-13-17-6-7-18(21)12-17)34-24(14-36-23-5-3-2-4-22(23)28)32-33-27(34)38-15-25(35)31-19-8-10-20(11-9-19)37-26(29)30/h2-5,8-11,16-18,21,26H,6-7,12-15H2,1H3,(H,31,35). The summed E-state index contributed by atoms with van der Waals surface area (Å²) in [5, 5.41) is 12.1. The first-order valence-corrected chi connectivity index (χ1v) is 13.6. The monoisotopic (exact) mass is 546 g/mol. The number of fused-ring (bicyclic) bond motifs is 2. The Hall–Kier alpha value is -3.21. The molecule has 38 heavy (non-hydrogen) atoms. The molecule has 2 aromatic carbocycles. The van der Waals surface area contributed by atoms with Crippen molar-refractivity contribution >= 4 is 23.4 Å². The van der Waals surface area contributed by atoms with Crippen molar-refractivity contribution in [2.24, 2.45) is 17.8 Å². The van der Waals surface area contributed by atoms with Crippen molar-refractivity contribution in [3.8, 4) is 11.5 Å². The number of alkyl halides is 2. The highest BCUT2D eigenvalue weighted by Gasteiger charge is 2.43. The van der Waals surface area contributed by atoms with Gasteiger partial charge in [-0.3, -0.25) is 9.36 Å². The minimum atomic E-state index is -2.91. The maximum absolute atomic E-state index is 14.1. The fraction of sp³-hybridized carbons (Fsp3) is 0.444. The van der Waals surface area contributed by atoms with Gasteiger partial charge in [-0.05, 0) is 80.3 Å². The molecule has 2 bridgehead atoms. The smallest absolute Gasteiger partial charge is 0.387 e. The number of para-hydroxylation sites is 1. The van der Waals surface area contributed by atoms with Crippen LogP contribution in [0.5, 0.6) is 11.5 Å². The molecule has 0 aliphatic heterocycles. The normalized spacial score (nSPS) is 21.0. The number of halogens is 3. The van der Waals surface area contributed by atoms with Crippen LogP contribution in [0.1, 0.15) is 44.5 Å². The van der Waals surface area contributed by atoms with E-state index in [0.29, 0.717) is 28.5 Å². The van der Waals surface area contributed by atoms with Crippen LogP contribution in [0, 0.1) is 23.6 Å². The van der Waals surface area contributed by atoms with Crippen LogP contribution in [-0.4, -0.2) is 33.0 Å². The van der Waals surface area contributed by atoms with Gasteiger partial charge in [-0.15, -0.1) is 10.2 Å². The predicted molar refractivity (Wildman–Crippen MR) is 137 cm³/mol. The molecule has 4 atom stereocenters. The van der Waals surface area contributed by atoms with Gasteiger partial charge in [0.2, 0.25) is 5.91 Å². The molecule has 1 heterocycles. The molecule has 202 valence electrons. The number of ether oxygens (including phenoxy) is 2. The third-order valence-corrected chi connectivity index (χ3v) is 8.39. The minimum Gasteiger partial charge on any atom is -0.483 e. The van der Waals surface area contributed by atoms with Crippen LogP contribution in [0.25, 0.3) is 0 Å². The molecule has 0 spiro atoms. The number of carbonyl (C=O) groups is 1. The van der Waals surface area contributed by atoms with Crippen molar-refractivity contribution in [3.63, 3.8) is 0 Å². The average molecular weight is 547 g/mol. The Morgan fingerprint density at radius 1 is 1.13 bits per heavy atom. The fourth-order valence-electron chi connectivity index (χ4n) is 5.74. The van der Waals surface area contributed by atoms with Crippen molar-refractivity contribution in [1.29, 1.82) is 0 Å². The van der Waals surface area contributed by atoms with E-state index in [0.717, 1.165) is 12.3 Å². The van der Waals surface area contributed by atoms with E-state index in [1.165, 1.54) is 61.4 Å². The highest BCUT2D eigenvalue weighted by atomic mass is 32.2. The molecule has 2 fully saturated rings. The van der Waals surface area contributed by atoms with E-state index in [1.54, 1.807) is 18.2 Å². The number of nitrogens with one attached hydrogen (secondary N) is 1. The van der Waals surface area contributed by atoms with Gasteiger partial charge in [0.25, 0.3) is 0 Å². The van der Waals surface area contributed by atoms with Gasteiger partial charge in [0.15, 0.2) is 22.5 Å². The lowest BCUT2D eigenvalue weighted by Crippen LogP contribution is -2.25. The zero-order valence-corrected chi connectivity index (χ0v) is 21.7. The summed E-state index contributed by atoms with van der Waals surface area (Å²) < 4.78 is 50.9. The zero-order chi connectivity index (χ0) is 26.6. The predicted octanol–water partition coefficient (Wildman–Crippen LogP) is 6.33. The lowest BCUT2D eigenvalue weighted by molar-refractivity contribution is -0.113. The summed E-state index contributed by atoms with van der Waals surface area (Å²) in [6, 6.07) is 12.1. The summed E-state index contributed by atoms with van der Waals surface area (Å²) >= 11 is 1.26. The Balaban J connectivity index is 1.27. The number of anilines is 1. The Bertz CT molecular complexity index is 1260. The summed E-state index contributed by atoms with van der Waals surface area (Å²) in [4.78, 5) is 12.6. The van der Waals surface area contributed by atoms with E-state index in [9.17, 15) is 18.0 Å². The summed E-state index contributed by atoms with van der Waals surface area (Å²) in [6.45, 7) is -0.694. The molecule has 0 radical (unpaired) electrons. The SMILES string of the molecule is CC(C1CC2CCC1C2)n1c(COc2ccccc2F)nnc1SCC(=O)Nc1ccc(OC(F)F)cc1. The number of carbonyl (C=O) groups excluding carboxylic acids is 1. The van der Waals surface area contributed by atoms with Crippen LogP contribution in [0.2, 0.25) is 0 Å². The van der Waals surface area contributed by atoms with Crippen LogP contribution in [0.4, 0.5) is 18.9 Å². The maximum atomic E-state index is 14.1. The highest BCUT2D eigenvalue weighted by Crippen LogP contribution is 2.52. The summed E-state index contributed by atoms with van der Waals surface area (Å²) in [5.41, 5.74) is 0.466. The van der Waals surface area contributed by atoms with Crippen molar-refractivity contribution in [2.45, 2.75) is 57.0 Å². The molecule has 1 N–H and O–H groups in total. The fourth-order valence-corrected chi connectivity index (χ4v) is 6.58. The third-order valence-electron chi connectivity index (χ3n) is 7.44. The van der Waals surface area contributed by atoms with Crippen LogP contribution < -0.4 is 14.8 Å². The summed E-state index contributed by atoms with van der Waals surface area (Å²) in [6.07, 6.45) is 4.93. The van der Waals surface area contributed by atoms with E-state index in [-0.39, 0.29) is 35.8 Å². The molecule has 1 aromatic heterocycles. The van der Waals surface area contributed by atoms with Gasteiger partial charge >= 0.3 is 6.61 Å². The van der Waals surface area contributed by atoms with Crippen molar-refractivity contribution in [3.05, 3.63) is 60.2 Å². The van der Waals surface area contributed by atoms with Gasteiger partial charge < -0.3 is 14.8 Å². The number of benzene rings is 2. The number of aromatic nitrogens is 3. The first kappa shape index (κ1) is 26.4. The van der Waals surface area contributed by atoms with E-state index in [4.69, 9.17) is 4.74 Å². The molecule has 4 unspecified atom stereocenters. The molecule has 0 saturated heterocycles. The number of nitrogens with zero attached hydrogens (tertiary/aromatic N) is 3. The van der Waals surface area contributed by atoms with Crippen LogP contribution in [0.15, 0.2) is 53.7 Å². The molecular formula is C27H29F3N4O3S. The Morgan fingerprint density at radius 3 is 2.61 bits per heavy atom. The quantitative estimate of drug-likeness (QED) is 0.284. The van der Waals surface area contributed by atoms with E-state index in [2.05, 4.69) is 27.2 Å². The molecule has 2 aliphatic rings. The second-order valence-corrected chi connectivity index (χ2v) is 10.7. The zero-order valence-electron chi connectivity index (χ0n) is 20.9. The van der Waals surface area contributed by atoms with Gasteiger partial charge in [0.05, 0.1) is 5.75 Å². The Kier molecular flexibility index (Phi) is 8.11. The maximum Gasteiger partial charge on any atom is 0.387 e. The highest BCUT2D eigenvalue weighted by molar-refractivity contribution is 7.99. The molecule has 2 saturated carbocycles. The van der Waals surface area contributed by atoms with Gasteiger partial charge in [-0.25, -0.2) is 4.39 Å². The molecule has 1 amide bonds. The lowest BCUT2D eigenvalue weighted by atomic mass is 9.84. The molecule has 5 rings (SSSR count). The second kappa shape index (κ2) is 11.7. The molecule has 11 heteroatoms. The summed E-state index contributed by atoms with van der Waals surface area (Å²) in [7, 11) is 0.